The summed E-state index contributed by atoms with van der Waals surface area (Å²) in [5.41, 5.74) is 3.85. The SMILES string of the molecule is CCn1ncc2c(C(=O)Nc3cc(C)nn3-c3ccc([N+](=O)[O-])cc3)cc(-c3ccccc3)nc21. The monoisotopic (exact) mass is 467 g/mol. The van der Waals surface area contributed by atoms with Gasteiger partial charge in [0.05, 0.1) is 39.1 Å². The standard InChI is InChI=1S/C25H21N7O3/c1-3-30-24-21(15-26-30)20(14-22(27-24)17-7-5-4-6-8-17)25(33)28-23-13-16(2)29-31(23)18-9-11-19(12-10-18)32(34)35/h4-15H,3H2,1-2H3,(H,28,33). The zero-order chi connectivity index (χ0) is 24.5. The molecule has 0 aliphatic heterocycles. The molecule has 0 unspecified atom stereocenters. The number of amides is 1. The number of nitrogens with one attached hydrogen (secondary N) is 1. The van der Waals surface area contributed by atoms with Gasteiger partial charge in [-0.25, -0.2) is 14.3 Å². The van der Waals surface area contributed by atoms with Gasteiger partial charge in [-0.15, -0.1) is 0 Å². The van der Waals surface area contributed by atoms with Crippen LogP contribution in [0.25, 0.3) is 28.0 Å². The minimum Gasteiger partial charge on any atom is -0.306 e. The van der Waals surface area contributed by atoms with Gasteiger partial charge in [0.15, 0.2) is 5.65 Å². The van der Waals surface area contributed by atoms with Crippen LogP contribution in [-0.4, -0.2) is 35.4 Å². The lowest BCUT2D eigenvalue weighted by atomic mass is 10.1. The molecular weight excluding hydrogens is 446 g/mol. The molecule has 1 amide bonds. The van der Waals surface area contributed by atoms with Gasteiger partial charge in [-0.2, -0.15) is 10.2 Å². The summed E-state index contributed by atoms with van der Waals surface area (Å²) in [7, 11) is 0. The molecule has 0 saturated carbocycles. The van der Waals surface area contributed by atoms with Crippen LogP contribution in [0.4, 0.5) is 11.5 Å². The van der Waals surface area contributed by atoms with Gasteiger partial charge >= 0.3 is 0 Å². The first-order valence-electron chi connectivity index (χ1n) is 11.0. The number of carbonyl (C=O) groups excluding carboxylic acids is 1. The number of rotatable bonds is 6. The minimum absolute atomic E-state index is 0.0243. The predicted octanol–water partition coefficient (Wildman–Crippen LogP) is 4.77. The highest BCUT2D eigenvalue weighted by atomic mass is 16.6. The van der Waals surface area contributed by atoms with E-state index in [4.69, 9.17) is 4.98 Å². The van der Waals surface area contributed by atoms with E-state index in [9.17, 15) is 14.9 Å². The number of aryl methyl sites for hydroxylation is 2. The lowest BCUT2D eigenvalue weighted by molar-refractivity contribution is -0.384. The molecule has 0 spiro atoms. The number of pyridine rings is 1. The normalized spacial score (nSPS) is 11.0. The van der Waals surface area contributed by atoms with Crippen molar-refractivity contribution in [1.82, 2.24) is 24.5 Å². The van der Waals surface area contributed by atoms with Gasteiger partial charge in [-0.1, -0.05) is 30.3 Å². The maximum absolute atomic E-state index is 13.5. The van der Waals surface area contributed by atoms with Crippen LogP contribution >= 0.6 is 0 Å². The first-order valence-corrected chi connectivity index (χ1v) is 11.0. The Balaban J connectivity index is 1.56. The zero-order valence-corrected chi connectivity index (χ0v) is 19.0. The van der Waals surface area contributed by atoms with Crippen molar-refractivity contribution in [2.24, 2.45) is 0 Å². The number of non-ortho nitro benzene ring substituents is 1. The molecule has 3 aromatic heterocycles. The largest absolute Gasteiger partial charge is 0.306 e. The predicted molar refractivity (Wildman–Crippen MR) is 132 cm³/mol. The Hall–Kier alpha value is -4.86. The van der Waals surface area contributed by atoms with Gasteiger partial charge in [0.25, 0.3) is 11.6 Å². The highest BCUT2D eigenvalue weighted by molar-refractivity contribution is 6.12. The Labute approximate surface area is 200 Å². The van der Waals surface area contributed by atoms with Crippen LogP contribution in [0, 0.1) is 17.0 Å². The summed E-state index contributed by atoms with van der Waals surface area (Å²) in [6.07, 6.45) is 1.65. The van der Waals surface area contributed by atoms with E-state index in [-0.39, 0.29) is 11.6 Å². The summed E-state index contributed by atoms with van der Waals surface area (Å²) >= 11 is 0. The smallest absolute Gasteiger partial charge is 0.269 e. The maximum Gasteiger partial charge on any atom is 0.269 e. The summed E-state index contributed by atoms with van der Waals surface area (Å²) in [5, 5.41) is 23.4. The molecule has 2 aromatic carbocycles. The number of hydrogen-bond acceptors (Lipinski definition) is 6. The number of hydrogen-bond donors (Lipinski definition) is 1. The molecule has 0 aliphatic rings. The Bertz CT molecular complexity index is 1550. The Morgan fingerprint density at radius 1 is 1.09 bits per heavy atom. The van der Waals surface area contributed by atoms with E-state index in [1.165, 1.54) is 12.1 Å². The third-order valence-corrected chi connectivity index (χ3v) is 5.60. The van der Waals surface area contributed by atoms with Crippen molar-refractivity contribution in [2.45, 2.75) is 20.4 Å². The fourth-order valence-corrected chi connectivity index (χ4v) is 3.91. The lowest BCUT2D eigenvalue weighted by Gasteiger charge is -2.11. The summed E-state index contributed by atoms with van der Waals surface area (Å²) < 4.78 is 3.30. The number of fused-ring (bicyclic) bond motifs is 1. The highest BCUT2D eigenvalue weighted by Crippen LogP contribution is 2.27. The first kappa shape index (κ1) is 22.0. The molecule has 0 fully saturated rings. The van der Waals surface area contributed by atoms with E-state index in [0.717, 1.165) is 5.56 Å². The highest BCUT2D eigenvalue weighted by Gasteiger charge is 2.19. The maximum atomic E-state index is 13.5. The Morgan fingerprint density at radius 3 is 2.51 bits per heavy atom. The third-order valence-electron chi connectivity index (χ3n) is 5.60. The van der Waals surface area contributed by atoms with E-state index in [1.807, 2.05) is 37.3 Å². The molecule has 5 aromatic rings. The topological polar surface area (TPSA) is 121 Å². The third kappa shape index (κ3) is 4.12. The second-order valence-electron chi connectivity index (χ2n) is 7.93. The van der Waals surface area contributed by atoms with Crippen LogP contribution in [0.2, 0.25) is 0 Å². The number of nitro benzene ring substituents is 1. The molecule has 0 atom stereocenters. The molecule has 0 saturated heterocycles. The molecule has 3 heterocycles. The van der Waals surface area contributed by atoms with Gasteiger partial charge in [-0.05, 0) is 32.0 Å². The number of nitro groups is 1. The Kier molecular flexibility index (Phi) is 5.54. The summed E-state index contributed by atoms with van der Waals surface area (Å²) in [6.45, 7) is 4.39. The number of nitrogens with zero attached hydrogens (tertiary/aromatic N) is 6. The van der Waals surface area contributed by atoms with Gasteiger partial charge in [0.1, 0.15) is 5.82 Å². The van der Waals surface area contributed by atoms with Crippen molar-refractivity contribution >= 4 is 28.4 Å². The number of anilines is 1. The molecule has 174 valence electrons. The van der Waals surface area contributed by atoms with E-state index in [2.05, 4.69) is 15.5 Å². The van der Waals surface area contributed by atoms with Crippen molar-refractivity contribution in [3.05, 3.63) is 94.3 Å². The van der Waals surface area contributed by atoms with E-state index < -0.39 is 4.92 Å². The molecule has 0 bridgehead atoms. The molecule has 0 aliphatic carbocycles. The molecule has 10 nitrogen and oxygen atoms in total. The van der Waals surface area contributed by atoms with E-state index >= 15 is 0 Å². The van der Waals surface area contributed by atoms with Crippen molar-refractivity contribution in [3.63, 3.8) is 0 Å². The molecule has 10 heteroatoms. The van der Waals surface area contributed by atoms with Crippen LogP contribution in [0.5, 0.6) is 0 Å². The van der Waals surface area contributed by atoms with Crippen molar-refractivity contribution in [2.75, 3.05) is 5.32 Å². The van der Waals surface area contributed by atoms with Crippen LogP contribution < -0.4 is 5.32 Å². The molecule has 1 N–H and O–H groups in total. The average molecular weight is 467 g/mol. The number of aromatic nitrogens is 5. The Morgan fingerprint density at radius 2 is 1.83 bits per heavy atom. The minimum atomic E-state index is -0.462. The second kappa shape index (κ2) is 8.82. The number of benzene rings is 2. The average Bonchev–Trinajstić information content (AvgIpc) is 3.46. The molecule has 0 radical (unpaired) electrons. The fraction of sp³-hybridized carbons (Fsp3) is 0.120. The van der Waals surface area contributed by atoms with E-state index in [1.54, 1.807) is 46.7 Å². The second-order valence-corrected chi connectivity index (χ2v) is 7.93. The first-order chi connectivity index (χ1) is 16.9. The van der Waals surface area contributed by atoms with Gasteiger partial charge in [0, 0.05) is 30.3 Å². The van der Waals surface area contributed by atoms with Crippen molar-refractivity contribution in [3.8, 4) is 16.9 Å². The van der Waals surface area contributed by atoms with Crippen LogP contribution in [-0.2, 0) is 6.54 Å². The van der Waals surface area contributed by atoms with Crippen LogP contribution in [0.1, 0.15) is 23.0 Å². The summed E-state index contributed by atoms with van der Waals surface area (Å²) in [6, 6.07) is 19.1. The quantitative estimate of drug-likeness (QED) is 0.284. The van der Waals surface area contributed by atoms with Crippen molar-refractivity contribution in [1.29, 1.82) is 0 Å². The lowest BCUT2D eigenvalue weighted by Crippen LogP contribution is -2.16. The molecule has 5 rings (SSSR count). The van der Waals surface area contributed by atoms with Crippen molar-refractivity contribution < 1.29 is 9.72 Å². The summed E-state index contributed by atoms with van der Waals surface area (Å²) in [4.78, 5) is 28.8. The molecular formula is C25H21N7O3. The van der Waals surface area contributed by atoms with Crippen LogP contribution in [0.3, 0.4) is 0 Å². The molecule has 35 heavy (non-hydrogen) atoms. The fourth-order valence-electron chi connectivity index (χ4n) is 3.91. The number of carbonyl (C=O) groups is 1. The van der Waals surface area contributed by atoms with Gasteiger partial charge < -0.3 is 5.32 Å². The summed E-state index contributed by atoms with van der Waals surface area (Å²) in [5.74, 6) is 0.101. The zero-order valence-electron chi connectivity index (χ0n) is 19.0. The van der Waals surface area contributed by atoms with E-state index in [0.29, 0.717) is 46.0 Å². The van der Waals surface area contributed by atoms with Gasteiger partial charge in [-0.3, -0.25) is 14.9 Å². The van der Waals surface area contributed by atoms with Crippen LogP contribution in [0.15, 0.2) is 72.9 Å². The van der Waals surface area contributed by atoms with Gasteiger partial charge in [0.2, 0.25) is 0 Å².